The van der Waals surface area contributed by atoms with Gasteiger partial charge >= 0.3 is 0 Å². The fraction of sp³-hybridized carbons (Fsp3) is 0.200. The topological polar surface area (TPSA) is 76.4 Å². The number of aromatic hydroxyl groups is 2. The van der Waals surface area contributed by atoms with E-state index in [1.54, 1.807) is 37.3 Å². The number of hydrogen-bond donors (Lipinski definition) is 2. The van der Waals surface area contributed by atoms with E-state index in [9.17, 15) is 15.0 Å². The van der Waals surface area contributed by atoms with Crippen molar-refractivity contribution in [1.82, 2.24) is 4.90 Å². The number of Topliss-reactive ketones (excluding diaryl/α,β-unsaturated/α-hetero) is 1. The minimum atomic E-state index is 0.218. The molecule has 0 saturated carbocycles. The van der Waals surface area contributed by atoms with E-state index in [1.807, 2.05) is 110 Å². The van der Waals surface area contributed by atoms with E-state index in [4.69, 9.17) is 4.99 Å². The second-order valence-electron chi connectivity index (χ2n) is 11.4. The number of nitrogens with zero attached hydrogens (tertiary/aromatic N) is 3. The molecule has 1 aliphatic rings. The van der Waals surface area contributed by atoms with Crippen LogP contribution in [0.15, 0.2) is 138 Å². The van der Waals surface area contributed by atoms with Crippen molar-refractivity contribution in [1.29, 1.82) is 0 Å². The van der Waals surface area contributed by atoms with E-state index in [-0.39, 0.29) is 11.5 Å². The summed E-state index contributed by atoms with van der Waals surface area (Å²) in [5.41, 5.74) is 7.31. The zero-order chi connectivity index (χ0) is 32.7. The number of anilines is 1. The number of benzene rings is 5. The molecule has 5 aromatic carbocycles. The molecule has 0 bridgehead atoms. The van der Waals surface area contributed by atoms with Gasteiger partial charge in [0, 0.05) is 55.5 Å². The molecule has 0 aromatic heterocycles. The molecule has 0 radical (unpaired) electrons. The lowest BCUT2D eigenvalue weighted by Gasteiger charge is -2.34. The summed E-state index contributed by atoms with van der Waals surface area (Å²) in [4.78, 5) is 20.1. The molecule has 0 amide bonds. The van der Waals surface area contributed by atoms with E-state index in [0.29, 0.717) is 12.2 Å². The van der Waals surface area contributed by atoms with Gasteiger partial charge in [0.05, 0.1) is 11.4 Å². The summed E-state index contributed by atoms with van der Waals surface area (Å²) in [5.74, 6) is 0.812. The van der Waals surface area contributed by atoms with E-state index < -0.39 is 0 Å². The van der Waals surface area contributed by atoms with Crippen LogP contribution in [0.5, 0.6) is 11.5 Å². The predicted molar refractivity (Wildman–Crippen MR) is 190 cm³/mol. The Kier molecular flexibility index (Phi) is 12.7. The van der Waals surface area contributed by atoms with Crippen molar-refractivity contribution in [2.45, 2.75) is 20.3 Å². The van der Waals surface area contributed by atoms with Crippen molar-refractivity contribution in [3.63, 3.8) is 0 Å². The fourth-order valence-electron chi connectivity index (χ4n) is 5.01. The number of phenolic OH excluding ortho intramolecular Hbond substituents is 2. The summed E-state index contributed by atoms with van der Waals surface area (Å²) < 4.78 is 0. The number of piperazine rings is 1. The second-order valence-corrected chi connectivity index (χ2v) is 11.4. The molecule has 1 fully saturated rings. The molecule has 5 aromatic rings. The summed E-state index contributed by atoms with van der Waals surface area (Å²) in [6, 6.07) is 42.6. The van der Waals surface area contributed by atoms with E-state index in [0.717, 1.165) is 60.0 Å². The van der Waals surface area contributed by atoms with Crippen molar-refractivity contribution < 1.29 is 15.0 Å². The predicted octanol–water partition coefficient (Wildman–Crippen LogP) is 7.83. The molecular formula is C40H43N3O3. The van der Waals surface area contributed by atoms with Crippen LogP contribution in [0, 0.1) is 6.92 Å². The summed E-state index contributed by atoms with van der Waals surface area (Å²) in [5, 5.41) is 18.7. The van der Waals surface area contributed by atoms with Crippen molar-refractivity contribution in [2.75, 3.05) is 38.1 Å². The average Bonchev–Trinajstić information content (AvgIpc) is 3.06. The van der Waals surface area contributed by atoms with Gasteiger partial charge in [-0.1, -0.05) is 96.6 Å². The van der Waals surface area contributed by atoms with Crippen LogP contribution in [-0.4, -0.2) is 59.8 Å². The summed E-state index contributed by atoms with van der Waals surface area (Å²) in [6.45, 7) is 7.91. The van der Waals surface area contributed by atoms with Crippen LogP contribution < -0.4 is 4.90 Å². The molecular weight excluding hydrogens is 570 g/mol. The Balaban J connectivity index is 0.000000167. The largest absolute Gasteiger partial charge is 0.508 e. The highest BCUT2D eigenvalue weighted by Crippen LogP contribution is 2.22. The number of likely N-dealkylation sites (N-methyl/N-ethyl adjacent to an activating group) is 1. The van der Waals surface area contributed by atoms with Crippen LogP contribution >= 0.6 is 0 Å². The number of aryl methyl sites for hydroxylation is 1. The third-order valence-electron chi connectivity index (χ3n) is 7.42. The zero-order valence-corrected chi connectivity index (χ0v) is 26.9. The summed E-state index contributed by atoms with van der Waals surface area (Å²) in [7, 11) is 2.14. The Morgan fingerprint density at radius 3 is 1.80 bits per heavy atom. The second kappa shape index (κ2) is 17.3. The minimum Gasteiger partial charge on any atom is -0.508 e. The lowest BCUT2D eigenvalue weighted by molar-refractivity contribution is -0.116. The smallest absolute Gasteiger partial charge is 0.134 e. The number of phenols is 2. The summed E-state index contributed by atoms with van der Waals surface area (Å²) >= 11 is 0. The van der Waals surface area contributed by atoms with Gasteiger partial charge in [-0.2, -0.15) is 0 Å². The molecule has 46 heavy (non-hydrogen) atoms. The lowest BCUT2D eigenvalue weighted by atomic mass is 10.0. The monoisotopic (exact) mass is 613 g/mol. The number of hydrogen-bond acceptors (Lipinski definition) is 6. The van der Waals surface area contributed by atoms with Crippen LogP contribution in [0.3, 0.4) is 0 Å². The Morgan fingerprint density at radius 1 is 0.674 bits per heavy atom. The molecule has 0 aliphatic carbocycles. The minimum absolute atomic E-state index is 0.218. The Labute approximate surface area is 272 Å². The molecule has 2 N–H and O–H groups in total. The zero-order valence-electron chi connectivity index (χ0n) is 26.9. The quantitative estimate of drug-likeness (QED) is 0.191. The van der Waals surface area contributed by atoms with Crippen molar-refractivity contribution in [3.05, 3.63) is 156 Å². The van der Waals surface area contributed by atoms with Crippen molar-refractivity contribution in [3.8, 4) is 11.5 Å². The van der Waals surface area contributed by atoms with Gasteiger partial charge in [-0.15, -0.1) is 0 Å². The third kappa shape index (κ3) is 11.1. The molecule has 6 nitrogen and oxygen atoms in total. The van der Waals surface area contributed by atoms with Crippen molar-refractivity contribution in [2.24, 2.45) is 4.99 Å². The van der Waals surface area contributed by atoms with Gasteiger partial charge in [-0.3, -0.25) is 4.79 Å². The van der Waals surface area contributed by atoms with Gasteiger partial charge < -0.3 is 20.0 Å². The maximum atomic E-state index is 10.7. The first-order chi connectivity index (χ1) is 22.3. The van der Waals surface area contributed by atoms with Crippen LogP contribution in [0.4, 0.5) is 11.4 Å². The third-order valence-corrected chi connectivity index (χ3v) is 7.42. The van der Waals surface area contributed by atoms with Gasteiger partial charge in [0.2, 0.25) is 0 Å². The number of ketones is 1. The molecule has 1 saturated heterocycles. The van der Waals surface area contributed by atoms with Crippen molar-refractivity contribution >= 4 is 22.9 Å². The Bertz CT molecular complexity index is 1640. The number of carbonyl (C=O) groups excluding carboxylic acids is 1. The molecule has 0 spiro atoms. The summed E-state index contributed by atoms with van der Waals surface area (Å²) in [6.07, 6.45) is 0.557. The van der Waals surface area contributed by atoms with Gasteiger partial charge in [0.15, 0.2) is 0 Å². The Morgan fingerprint density at radius 2 is 1.26 bits per heavy atom. The maximum Gasteiger partial charge on any atom is 0.134 e. The van der Waals surface area contributed by atoms with Crippen LogP contribution in [0.25, 0.3) is 0 Å². The van der Waals surface area contributed by atoms with E-state index >= 15 is 0 Å². The van der Waals surface area contributed by atoms with Gasteiger partial charge in [0.25, 0.3) is 0 Å². The van der Waals surface area contributed by atoms with Crippen LogP contribution in [0.1, 0.15) is 29.2 Å². The van der Waals surface area contributed by atoms with Gasteiger partial charge in [-0.25, -0.2) is 4.99 Å². The first-order valence-corrected chi connectivity index (χ1v) is 15.5. The fourth-order valence-corrected chi connectivity index (χ4v) is 5.01. The highest BCUT2D eigenvalue weighted by molar-refractivity contribution is 6.13. The average molecular weight is 614 g/mol. The highest BCUT2D eigenvalue weighted by Gasteiger charge is 2.14. The number of rotatable bonds is 6. The molecule has 0 unspecified atom stereocenters. The highest BCUT2D eigenvalue weighted by atomic mass is 16.3. The van der Waals surface area contributed by atoms with E-state index in [2.05, 4.69) is 16.8 Å². The standard InChI is InChI=1S/C19H15NO.C11H16N2O.C10H12O/c21-18-13-11-17(12-14-18)20-19(15-7-3-1-4-8-15)16-9-5-2-6-10-16;1-12-5-7-13(8-6-12)10-3-2-4-11(14)9-10;1-8-4-3-5-10(6-8)7-9(2)11/h1-14,21H;2-4,9,14H,5-8H2,1H3;3-6H,7H2,1-2H3. The van der Waals surface area contributed by atoms with Crippen LogP contribution in [-0.2, 0) is 11.2 Å². The van der Waals surface area contributed by atoms with Gasteiger partial charge in [0.1, 0.15) is 17.3 Å². The normalized spacial score (nSPS) is 12.5. The van der Waals surface area contributed by atoms with Gasteiger partial charge in [-0.05, 0) is 62.9 Å². The SMILES string of the molecule is CC(=O)Cc1cccc(C)c1.CN1CCN(c2cccc(O)c2)CC1.Oc1ccc(N=C(c2ccccc2)c2ccccc2)cc1. The molecule has 0 atom stereocenters. The molecule has 236 valence electrons. The Hall–Kier alpha value is -5.20. The van der Waals surface area contributed by atoms with E-state index in [1.165, 1.54) is 5.56 Å². The first kappa shape index (κ1) is 33.7. The molecule has 1 heterocycles. The lowest BCUT2D eigenvalue weighted by Crippen LogP contribution is -2.44. The van der Waals surface area contributed by atoms with Crippen LogP contribution in [0.2, 0.25) is 0 Å². The maximum absolute atomic E-state index is 10.7. The molecule has 1 aliphatic heterocycles. The molecule has 6 heteroatoms. The first-order valence-electron chi connectivity index (χ1n) is 15.5. The number of carbonyl (C=O) groups is 1. The number of aliphatic imine (C=N–C) groups is 1. The molecule has 6 rings (SSSR count).